The number of imidazole rings is 1. The summed E-state index contributed by atoms with van der Waals surface area (Å²) in [6.45, 7) is 9.41. The van der Waals surface area contributed by atoms with Crippen LogP contribution in [0.5, 0.6) is 5.75 Å². The molecule has 1 aliphatic rings. The number of carbonyl (C=O) groups excluding carboxylic acids is 1. The Labute approximate surface area is 177 Å². The Morgan fingerprint density at radius 2 is 1.90 bits per heavy atom. The minimum absolute atomic E-state index is 0.0762. The van der Waals surface area contributed by atoms with E-state index in [0.717, 1.165) is 32.5 Å². The number of carbonyl (C=O) groups is 1. The second-order valence-electron chi connectivity index (χ2n) is 8.32. The van der Waals surface area contributed by atoms with Gasteiger partial charge in [0.05, 0.1) is 12.3 Å². The molecule has 3 heterocycles. The van der Waals surface area contributed by atoms with Gasteiger partial charge in [-0.1, -0.05) is 30.3 Å². The van der Waals surface area contributed by atoms with Crippen LogP contribution in [-0.4, -0.2) is 45.4 Å². The molecule has 0 spiro atoms. The number of likely N-dealkylation sites (tertiary alicyclic amines) is 1. The van der Waals surface area contributed by atoms with Crippen LogP contribution in [0.1, 0.15) is 48.4 Å². The van der Waals surface area contributed by atoms with Gasteiger partial charge in [-0.15, -0.1) is 0 Å². The number of piperidine rings is 1. The molecule has 1 aliphatic heterocycles. The summed E-state index contributed by atoms with van der Waals surface area (Å²) < 4.78 is 7.51. The maximum atomic E-state index is 13.2. The zero-order chi connectivity index (χ0) is 21.1. The van der Waals surface area contributed by atoms with Crippen LogP contribution in [0.25, 0.3) is 5.65 Å². The van der Waals surface area contributed by atoms with E-state index in [0.29, 0.717) is 29.4 Å². The summed E-state index contributed by atoms with van der Waals surface area (Å²) in [6.07, 6.45) is 3.72. The summed E-state index contributed by atoms with van der Waals surface area (Å²) in [5, 5.41) is 3.30. The normalized spacial score (nSPS) is 16.5. The van der Waals surface area contributed by atoms with Gasteiger partial charge in [-0.2, -0.15) is 0 Å². The molecule has 1 N–H and O–H groups in total. The van der Waals surface area contributed by atoms with Gasteiger partial charge in [0.1, 0.15) is 5.69 Å². The fraction of sp³-hybridized carbons (Fsp3) is 0.417. The first-order valence-corrected chi connectivity index (χ1v) is 10.7. The number of aromatic nitrogens is 2. The van der Waals surface area contributed by atoms with Gasteiger partial charge in [-0.25, -0.2) is 4.98 Å². The van der Waals surface area contributed by atoms with Gasteiger partial charge in [0.2, 0.25) is 0 Å². The molecule has 158 valence electrons. The molecule has 4 rings (SSSR count). The van der Waals surface area contributed by atoms with Crippen molar-refractivity contribution in [2.45, 2.75) is 45.7 Å². The van der Waals surface area contributed by atoms with Gasteiger partial charge in [0.15, 0.2) is 11.4 Å². The predicted octanol–water partition coefficient (Wildman–Crippen LogP) is 3.83. The lowest BCUT2D eigenvalue weighted by Crippen LogP contribution is -2.53. The maximum absolute atomic E-state index is 13.2. The van der Waals surface area contributed by atoms with Crippen LogP contribution in [-0.2, 0) is 6.54 Å². The lowest BCUT2D eigenvalue weighted by Gasteiger charge is -2.40. The summed E-state index contributed by atoms with van der Waals surface area (Å²) >= 11 is 0. The lowest BCUT2D eigenvalue weighted by atomic mass is 9.89. The minimum atomic E-state index is -0.224. The fourth-order valence-corrected chi connectivity index (χ4v) is 4.20. The quantitative estimate of drug-likeness (QED) is 0.676. The van der Waals surface area contributed by atoms with Crippen molar-refractivity contribution in [3.63, 3.8) is 0 Å². The molecular formula is C24H30N4O2. The first-order chi connectivity index (χ1) is 14.5. The van der Waals surface area contributed by atoms with Crippen LogP contribution in [0.4, 0.5) is 0 Å². The minimum Gasteiger partial charge on any atom is -0.490 e. The van der Waals surface area contributed by atoms with Crippen LogP contribution in [0.3, 0.4) is 0 Å². The molecule has 6 nitrogen and oxygen atoms in total. The third kappa shape index (κ3) is 4.19. The number of nitrogens with zero attached hydrogens (tertiary/aromatic N) is 3. The SMILES string of the molecule is CCOc1cccn2c(C(=O)NC3(C)CCN(Cc4ccccc4)CC3)c(C)nc12. The van der Waals surface area contributed by atoms with Crippen LogP contribution < -0.4 is 10.1 Å². The average Bonchev–Trinajstić information content (AvgIpc) is 3.08. The number of pyridine rings is 1. The molecule has 30 heavy (non-hydrogen) atoms. The second kappa shape index (κ2) is 8.48. The molecule has 3 aromatic rings. The third-order valence-corrected chi connectivity index (χ3v) is 5.93. The van der Waals surface area contributed by atoms with Crippen LogP contribution in [0.2, 0.25) is 0 Å². The van der Waals surface area contributed by atoms with Crippen molar-refractivity contribution in [2.24, 2.45) is 0 Å². The van der Waals surface area contributed by atoms with Gasteiger partial charge in [-0.3, -0.25) is 14.1 Å². The van der Waals surface area contributed by atoms with Crippen LogP contribution >= 0.6 is 0 Å². The topological polar surface area (TPSA) is 58.9 Å². The predicted molar refractivity (Wildman–Crippen MR) is 118 cm³/mol. The van der Waals surface area contributed by atoms with Crippen LogP contribution in [0.15, 0.2) is 48.7 Å². The highest BCUT2D eigenvalue weighted by molar-refractivity contribution is 5.95. The number of amides is 1. The van der Waals surface area contributed by atoms with Crippen molar-refractivity contribution in [3.05, 3.63) is 65.6 Å². The van der Waals surface area contributed by atoms with Gasteiger partial charge < -0.3 is 10.1 Å². The van der Waals surface area contributed by atoms with Crippen molar-refractivity contribution in [2.75, 3.05) is 19.7 Å². The number of benzene rings is 1. The standard InChI is InChI=1S/C24H30N4O2/c1-4-30-20-11-8-14-28-21(18(2)25-22(20)28)23(29)26-24(3)12-15-27(16-13-24)17-19-9-6-5-7-10-19/h5-11,14H,4,12-13,15-17H2,1-3H3,(H,26,29). The molecular weight excluding hydrogens is 376 g/mol. The molecule has 1 aromatic carbocycles. The van der Waals surface area contributed by atoms with Gasteiger partial charge in [0, 0.05) is 31.4 Å². The van der Waals surface area contributed by atoms with E-state index >= 15 is 0 Å². The van der Waals surface area contributed by atoms with E-state index in [1.165, 1.54) is 5.56 Å². The van der Waals surface area contributed by atoms with E-state index in [4.69, 9.17) is 4.74 Å². The Balaban J connectivity index is 1.45. The van der Waals surface area contributed by atoms with Gasteiger partial charge in [0.25, 0.3) is 5.91 Å². The van der Waals surface area contributed by atoms with E-state index in [9.17, 15) is 4.79 Å². The molecule has 1 fully saturated rings. The number of ether oxygens (including phenoxy) is 1. The monoisotopic (exact) mass is 406 g/mol. The highest BCUT2D eigenvalue weighted by Gasteiger charge is 2.33. The molecule has 0 aliphatic carbocycles. The molecule has 0 radical (unpaired) electrons. The Morgan fingerprint density at radius 1 is 1.17 bits per heavy atom. The Morgan fingerprint density at radius 3 is 2.60 bits per heavy atom. The van der Waals surface area contributed by atoms with E-state index in [1.54, 1.807) is 0 Å². The van der Waals surface area contributed by atoms with Crippen molar-refractivity contribution in [1.82, 2.24) is 19.6 Å². The van der Waals surface area contributed by atoms with Crippen molar-refractivity contribution in [1.29, 1.82) is 0 Å². The molecule has 1 saturated heterocycles. The molecule has 2 aromatic heterocycles. The smallest absolute Gasteiger partial charge is 0.270 e. The van der Waals surface area contributed by atoms with Crippen molar-refractivity contribution in [3.8, 4) is 5.75 Å². The molecule has 1 amide bonds. The van der Waals surface area contributed by atoms with E-state index in [2.05, 4.69) is 46.4 Å². The fourth-order valence-electron chi connectivity index (χ4n) is 4.20. The molecule has 0 saturated carbocycles. The largest absolute Gasteiger partial charge is 0.490 e. The first-order valence-electron chi connectivity index (χ1n) is 10.7. The molecule has 0 atom stereocenters. The number of fused-ring (bicyclic) bond motifs is 1. The summed E-state index contributed by atoms with van der Waals surface area (Å²) in [4.78, 5) is 20.3. The van der Waals surface area contributed by atoms with Gasteiger partial charge >= 0.3 is 0 Å². The number of rotatable bonds is 6. The number of nitrogens with one attached hydrogen (secondary N) is 1. The number of hydrogen-bond donors (Lipinski definition) is 1. The van der Waals surface area contributed by atoms with Crippen LogP contribution in [0, 0.1) is 6.92 Å². The maximum Gasteiger partial charge on any atom is 0.270 e. The molecule has 6 heteroatoms. The summed E-state index contributed by atoms with van der Waals surface area (Å²) in [6, 6.07) is 14.3. The Hall–Kier alpha value is -2.86. The lowest BCUT2D eigenvalue weighted by molar-refractivity contribution is 0.0821. The third-order valence-electron chi connectivity index (χ3n) is 5.93. The Bertz CT molecular complexity index is 1020. The zero-order valence-corrected chi connectivity index (χ0v) is 18.0. The summed E-state index contributed by atoms with van der Waals surface area (Å²) in [5.41, 5.74) is 3.09. The second-order valence-corrected chi connectivity index (χ2v) is 8.32. The van der Waals surface area contributed by atoms with E-state index in [1.807, 2.05) is 42.6 Å². The molecule has 0 unspecified atom stereocenters. The van der Waals surface area contributed by atoms with E-state index < -0.39 is 0 Å². The Kier molecular flexibility index (Phi) is 5.77. The van der Waals surface area contributed by atoms with Crippen molar-refractivity contribution < 1.29 is 9.53 Å². The zero-order valence-electron chi connectivity index (χ0n) is 18.0. The van der Waals surface area contributed by atoms with E-state index in [-0.39, 0.29) is 11.4 Å². The number of hydrogen-bond acceptors (Lipinski definition) is 4. The summed E-state index contributed by atoms with van der Waals surface area (Å²) in [7, 11) is 0. The highest BCUT2D eigenvalue weighted by atomic mass is 16.5. The summed E-state index contributed by atoms with van der Waals surface area (Å²) in [5.74, 6) is 0.621. The average molecular weight is 407 g/mol. The highest BCUT2D eigenvalue weighted by Crippen LogP contribution is 2.26. The first kappa shape index (κ1) is 20.4. The van der Waals surface area contributed by atoms with Crippen molar-refractivity contribution >= 4 is 11.6 Å². The molecule has 0 bridgehead atoms. The number of aryl methyl sites for hydroxylation is 1. The van der Waals surface area contributed by atoms with Gasteiger partial charge in [-0.05, 0) is 51.3 Å².